The molecule has 1 N–H and O–H groups in total. The van der Waals surface area contributed by atoms with Crippen molar-refractivity contribution in [2.24, 2.45) is 0 Å². The average Bonchev–Trinajstić information content (AvgIpc) is 3.17. The highest BCUT2D eigenvalue weighted by Gasteiger charge is 2.39. The minimum absolute atomic E-state index is 0.311. The second-order valence-electron chi connectivity index (χ2n) is 7.92. The van der Waals surface area contributed by atoms with Crippen LogP contribution in [0.2, 0.25) is 0 Å². The molecule has 0 radical (unpaired) electrons. The molecule has 1 atom stereocenters. The van der Waals surface area contributed by atoms with E-state index in [-0.39, 0.29) is 0 Å². The minimum atomic E-state index is -3.70. The molecule has 0 bridgehead atoms. The van der Waals surface area contributed by atoms with E-state index >= 15 is 0 Å². The predicted molar refractivity (Wildman–Crippen MR) is 122 cm³/mol. The van der Waals surface area contributed by atoms with Crippen molar-refractivity contribution in [3.63, 3.8) is 0 Å². The number of hydrogen-bond donors (Lipinski definition) is 1. The third-order valence-corrected chi connectivity index (χ3v) is 7.91. The van der Waals surface area contributed by atoms with Gasteiger partial charge in [-0.15, -0.1) is 0 Å². The van der Waals surface area contributed by atoms with Gasteiger partial charge < -0.3 is 9.72 Å². The smallest absolute Gasteiger partial charge is 0.244 e. The summed E-state index contributed by atoms with van der Waals surface area (Å²) >= 11 is 0. The van der Waals surface area contributed by atoms with E-state index < -0.39 is 16.1 Å². The van der Waals surface area contributed by atoms with Crippen molar-refractivity contribution in [3.05, 3.63) is 95.2 Å². The van der Waals surface area contributed by atoms with Crippen LogP contribution in [0.5, 0.6) is 5.75 Å². The van der Waals surface area contributed by atoms with Crippen molar-refractivity contribution >= 4 is 20.9 Å². The van der Waals surface area contributed by atoms with Crippen molar-refractivity contribution < 1.29 is 13.2 Å². The molecule has 2 heterocycles. The van der Waals surface area contributed by atoms with Crippen molar-refractivity contribution in [3.8, 4) is 5.75 Å². The van der Waals surface area contributed by atoms with Gasteiger partial charge >= 0.3 is 0 Å². The van der Waals surface area contributed by atoms with Crippen LogP contribution in [0.15, 0.2) is 77.7 Å². The van der Waals surface area contributed by atoms with Gasteiger partial charge in [0.25, 0.3) is 0 Å². The van der Waals surface area contributed by atoms with Crippen LogP contribution >= 0.6 is 0 Å². The Morgan fingerprint density at radius 3 is 2.55 bits per heavy atom. The summed E-state index contributed by atoms with van der Waals surface area (Å²) in [4.78, 5) is 3.83. The Labute approximate surface area is 182 Å². The Bertz CT molecular complexity index is 1360. The summed E-state index contributed by atoms with van der Waals surface area (Å²) < 4.78 is 34.5. The number of benzene rings is 3. The zero-order chi connectivity index (χ0) is 21.6. The van der Waals surface area contributed by atoms with Crippen LogP contribution in [0.4, 0.5) is 0 Å². The highest BCUT2D eigenvalue weighted by atomic mass is 32.2. The molecule has 5 rings (SSSR count). The third-order valence-electron chi connectivity index (χ3n) is 6.03. The molecule has 158 valence electrons. The number of fused-ring (bicyclic) bond motifs is 3. The largest absolute Gasteiger partial charge is 0.497 e. The fourth-order valence-corrected chi connectivity index (χ4v) is 6.05. The number of aryl methyl sites for hydroxylation is 1. The topological polar surface area (TPSA) is 62.4 Å². The van der Waals surface area contributed by atoms with Crippen molar-refractivity contribution in [2.45, 2.75) is 24.3 Å². The number of H-pyrrole nitrogens is 1. The van der Waals surface area contributed by atoms with Gasteiger partial charge in [-0.1, -0.05) is 48.0 Å². The molecular weight excluding hydrogens is 408 g/mol. The molecule has 0 unspecified atom stereocenters. The summed E-state index contributed by atoms with van der Waals surface area (Å²) in [6.45, 7) is 2.36. The lowest BCUT2D eigenvalue weighted by molar-refractivity contribution is 0.339. The molecule has 3 aromatic carbocycles. The van der Waals surface area contributed by atoms with Gasteiger partial charge in [-0.3, -0.25) is 0 Å². The fourth-order valence-electron chi connectivity index (χ4n) is 4.47. The molecular formula is C25H24N2O3S. The summed E-state index contributed by atoms with van der Waals surface area (Å²) in [5.41, 5.74) is 5.03. The fraction of sp³-hybridized carbons (Fsp3) is 0.200. The first-order valence-electron chi connectivity index (χ1n) is 10.3. The van der Waals surface area contributed by atoms with Gasteiger partial charge in [0.05, 0.1) is 18.0 Å². The molecule has 31 heavy (non-hydrogen) atoms. The number of nitrogens with one attached hydrogen (secondary N) is 1. The van der Waals surface area contributed by atoms with Crippen LogP contribution in [-0.2, 0) is 16.4 Å². The number of rotatable bonds is 4. The van der Waals surface area contributed by atoms with Gasteiger partial charge in [0.15, 0.2) is 0 Å². The summed E-state index contributed by atoms with van der Waals surface area (Å²) in [6.07, 6.45) is 0.658. The molecule has 1 aliphatic heterocycles. The number of hydrogen-bond acceptors (Lipinski definition) is 3. The highest BCUT2D eigenvalue weighted by molar-refractivity contribution is 7.89. The summed E-state index contributed by atoms with van der Waals surface area (Å²) in [5.74, 6) is 0.702. The van der Waals surface area contributed by atoms with E-state index in [2.05, 4.69) is 11.1 Å². The molecule has 6 heteroatoms. The Kier molecular flexibility index (Phi) is 4.84. The first kappa shape index (κ1) is 19.8. The van der Waals surface area contributed by atoms with Crippen LogP contribution in [0.3, 0.4) is 0 Å². The second-order valence-corrected chi connectivity index (χ2v) is 9.81. The maximum Gasteiger partial charge on any atom is 0.244 e. The van der Waals surface area contributed by atoms with Crippen LogP contribution in [-0.4, -0.2) is 31.4 Å². The maximum absolute atomic E-state index is 13.7. The zero-order valence-electron chi connectivity index (χ0n) is 17.5. The minimum Gasteiger partial charge on any atom is -0.497 e. The van der Waals surface area contributed by atoms with Gasteiger partial charge in [-0.05, 0) is 54.8 Å². The highest BCUT2D eigenvalue weighted by Crippen LogP contribution is 2.41. The van der Waals surface area contributed by atoms with Crippen molar-refractivity contribution in [2.75, 3.05) is 13.7 Å². The summed E-state index contributed by atoms with van der Waals surface area (Å²) in [7, 11) is -2.08. The first-order valence-corrected chi connectivity index (χ1v) is 11.7. The quantitative estimate of drug-likeness (QED) is 0.503. The molecule has 4 aromatic rings. The zero-order valence-corrected chi connectivity index (χ0v) is 18.3. The standard InChI is InChI=1S/C25H24N2O3S/c1-17-10-12-20(13-11-17)31(28,29)27-15-14-22-21-8-3-4-9-23(21)26-24(22)25(27)18-6-5-7-19(16-18)30-2/h3-13,16,25-26H,14-15H2,1-2H3/t25-/m0/s1. The molecule has 0 saturated heterocycles. The van der Waals surface area contributed by atoms with Crippen LogP contribution in [0.1, 0.15) is 28.4 Å². The normalized spacial score (nSPS) is 16.9. The van der Waals surface area contributed by atoms with Crippen molar-refractivity contribution in [1.82, 2.24) is 9.29 Å². The molecule has 0 fully saturated rings. The number of sulfonamides is 1. The van der Waals surface area contributed by atoms with Crippen LogP contribution in [0, 0.1) is 6.92 Å². The Balaban J connectivity index is 1.71. The Morgan fingerprint density at radius 1 is 1.00 bits per heavy atom. The number of methoxy groups -OCH3 is 1. The van der Waals surface area contributed by atoms with E-state index in [1.165, 1.54) is 5.56 Å². The van der Waals surface area contributed by atoms with Gasteiger partial charge in [-0.2, -0.15) is 4.31 Å². The SMILES string of the molecule is COc1cccc([C@H]2c3[nH]c4ccccc4c3CCN2S(=O)(=O)c2ccc(C)cc2)c1. The van der Waals surface area contributed by atoms with E-state index in [1.54, 1.807) is 23.5 Å². The maximum atomic E-state index is 13.7. The lowest BCUT2D eigenvalue weighted by Gasteiger charge is -2.35. The van der Waals surface area contributed by atoms with Gasteiger partial charge in [0.1, 0.15) is 5.75 Å². The Morgan fingerprint density at radius 2 is 1.77 bits per heavy atom. The predicted octanol–water partition coefficient (Wildman–Crippen LogP) is 4.82. The van der Waals surface area contributed by atoms with Crippen LogP contribution in [0.25, 0.3) is 10.9 Å². The van der Waals surface area contributed by atoms with E-state index in [0.717, 1.165) is 27.7 Å². The second kappa shape index (κ2) is 7.55. The Hall–Kier alpha value is -3.09. The van der Waals surface area contributed by atoms with E-state index in [4.69, 9.17) is 4.74 Å². The van der Waals surface area contributed by atoms with E-state index in [9.17, 15) is 8.42 Å². The molecule has 0 aliphatic carbocycles. The van der Waals surface area contributed by atoms with E-state index in [0.29, 0.717) is 23.6 Å². The molecule has 5 nitrogen and oxygen atoms in total. The third kappa shape index (κ3) is 3.32. The van der Waals surface area contributed by atoms with E-state index in [1.807, 2.05) is 61.5 Å². The number of para-hydroxylation sites is 1. The number of aromatic nitrogens is 1. The molecule has 0 amide bonds. The number of nitrogens with zero attached hydrogens (tertiary/aromatic N) is 1. The van der Waals surface area contributed by atoms with Gasteiger partial charge in [-0.25, -0.2) is 8.42 Å². The molecule has 1 aromatic heterocycles. The van der Waals surface area contributed by atoms with Crippen molar-refractivity contribution in [1.29, 1.82) is 0 Å². The van der Waals surface area contributed by atoms with Gasteiger partial charge in [0, 0.05) is 23.1 Å². The molecule has 1 aliphatic rings. The first-order chi connectivity index (χ1) is 15.0. The summed E-state index contributed by atoms with van der Waals surface area (Å²) in [6, 6.07) is 22.4. The number of ether oxygens (including phenoxy) is 1. The lowest BCUT2D eigenvalue weighted by atomic mass is 9.94. The number of aromatic amines is 1. The van der Waals surface area contributed by atoms with Gasteiger partial charge in [0.2, 0.25) is 10.0 Å². The lowest BCUT2D eigenvalue weighted by Crippen LogP contribution is -2.40. The molecule has 0 spiro atoms. The van der Waals surface area contributed by atoms with Crippen LogP contribution < -0.4 is 4.74 Å². The summed E-state index contributed by atoms with van der Waals surface area (Å²) in [5, 5.41) is 1.15. The average molecular weight is 433 g/mol. The monoisotopic (exact) mass is 432 g/mol. The molecule has 0 saturated carbocycles.